The standard InChI is InChI=1S/C14H14N2O4S/c1-9(2)11-7-15-13(20-11)8-16-14(17)10-5-3-4-6-12(10)21(16,18)19/h3-7,9H,8H2,1-2H3. The number of oxazole rings is 1. The van der Waals surface area contributed by atoms with Crippen LogP contribution < -0.4 is 0 Å². The van der Waals surface area contributed by atoms with Crippen molar-refractivity contribution < 1.29 is 17.6 Å². The molecular formula is C14H14N2O4S. The van der Waals surface area contributed by atoms with Crippen LogP contribution in [0, 0.1) is 0 Å². The van der Waals surface area contributed by atoms with E-state index in [2.05, 4.69) is 4.98 Å². The number of sulfonamides is 1. The Morgan fingerprint density at radius 1 is 1.29 bits per heavy atom. The average Bonchev–Trinajstić information content (AvgIpc) is 2.98. The van der Waals surface area contributed by atoms with E-state index in [0.717, 1.165) is 4.31 Å². The monoisotopic (exact) mass is 306 g/mol. The lowest BCUT2D eigenvalue weighted by molar-refractivity contribution is 0.0856. The molecule has 0 aliphatic carbocycles. The minimum Gasteiger partial charge on any atom is -0.443 e. The second kappa shape index (κ2) is 4.70. The molecule has 0 N–H and O–H groups in total. The molecule has 0 saturated heterocycles. The number of hydrogen-bond acceptors (Lipinski definition) is 5. The van der Waals surface area contributed by atoms with Gasteiger partial charge in [0.25, 0.3) is 15.9 Å². The number of amides is 1. The van der Waals surface area contributed by atoms with Crippen LogP contribution in [-0.2, 0) is 16.6 Å². The van der Waals surface area contributed by atoms with Gasteiger partial charge in [0.05, 0.1) is 11.8 Å². The highest BCUT2D eigenvalue weighted by Crippen LogP contribution is 2.31. The summed E-state index contributed by atoms with van der Waals surface area (Å²) in [6.45, 7) is 3.69. The van der Waals surface area contributed by atoms with Crippen LogP contribution in [0.15, 0.2) is 39.8 Å². The maximum Gasteiger partial charge on any atom is 0.269 e. The molecule has 3 rings (SSSR count). The molecule has 0 atom stereocenters. The van der Waals surface area contributed by atoms with E-state index in [1.54, 1.807) is 18.3 Å². The van der Waals surface area contributed by atoms with E-state index in [1.165, 1.54) is 12.1 Å². The topological polar surface area (TPSA) is 80.5 Å². The lowest BCUT2D eigenvalue weighted by atomic mass is 10.2. The maximum absolute atomic E-state index is 12.4. The minimum absolute atomic E-state index is 0.0330. The lowest BCUT2D eigenvalue weighted by Gasteiger charge is -2.12. The van der Waals surface area contributed by atoms with Crippen molar-refractivity contribution in [2.45, 2.75) is 31.2 Å². The summed E-state index contributed by atoms with van der Waals surface area (Å²) < 4.78 is 31.0. The molecule has 0 radical (unpaired) electrons. The number of rotatable bonds is 3. The van der Waals surface area contributed by atoms with Gasteiger partial charge in [0.1, 0.15) is 17.2 Å². The van der Waals surface area contributed by atoms with E-state index in [1.807, 2.05) is 13.8 Å². The predicted molar refractivity (Wildman–Crippen MR) is 74.1 cm³/mol. The quantitative estimate of drug-likeness (QED) is 0.868. The molecule has 1 aromatic heterocycles. The molecule has 2 heterocycles. The Hall–Kier alpha value is -2.15. The Morgan fingerprint density at radius 3 is 2.62 bits per heavy atom. The van der Waals surface area contributed by atoms with Crippen LogP contribution in [0.3, 0.4) is 0 Å². The largest absolute Gasteiger partial charge is 0.443 e. The molecule has 110 valence electrons. The molecule has 2 aromatic rings. The van der Waals surface area contributed by atoms with Crippen LogP contribution >= 0.6 is 0 Å². The first-order chi connectivity index (χ1) is 9.91. The second-order valence-electron chi connectivity index (χ2n) is 5.12. The third kappa shape index (κ3) is 2.13. The summed E-state index contributed by atoms with van der Waals surface area (Å²) in [5.41, 5.74) is 0.188. The summed E-state index contributed by atoms with van der Waals surface area (Å²) in [6, 6.07) is 6.16. The van der Waals surface area contributed by atoms with Crippen LogP contribution in [0.1, 0.15) is 41.8 Å². The Balaban J connectivity index is 1.95. The van der Waals surface area contributed by atoms with Crippen molar-refractivity contribution in [3.05, 3.63) is 47.7 Å². The first-order valence-electron chi connectivity index (χ1n) is 6.52. The molecule has 0 spiro atoms. The summed E-state index contributed by atoms with van der Waals surface area (Å²) in [4.78, 5) is 16.3. The van der Waals surface area contributed by atoms with Gasteiger partial charge in [-0.05, 0) is 12.1 Å². The van der Waals surface area contributed by atoms with Crippen molar-refractivity contribution in [2.24, 2.45) is 0 Å². The zero-order chi connectivity index (χ0) is 15.2. The van der Waals surface area contributed by atoms with E-state index in [-0.39, 0.29) is 28.8 Å². The average molecular weight is 306 g/mol. The minimum atomic E-state index is -3.82. The van der Waals surface area contributed by atoms with Crippen molar-refractivity contribution in [3.63, 3.8) is 0 Å². The molecule has 6 nitrogen and oxygen atoms in total. The molecule has 0 saturated carbocycles. The normalized spacial score (nSPS) is 16.5. The third-order valence-electron chi connectivity index (χ3n) is 3.33. The van der Waals surface area contributed by atoms with Crippen LogP contribution in [0.5, 0.6) is 0 Å². The van der Waals surface area contributed by atoms with Gasteiger partial charge in [-0.2, -0.15) is 0 Å². The van der Waals surface area contributed by atoms with Gasteiger partial charge in [0.15, 0.2) is 0 Å². The first kappa shape index (κ1) is 13.8. The van der Waals surface area contributed by atoms with Gasteiger partial charge in [0, 0.05) is 5.92 Å². The van der Waals surface area contributed by atoms with Crippen LogP contribution in [0.25, 0.3) is 0 Å². The van der Waals surface area contributed by atoms with E-state index < -0.39 is 15.9 Å². The highest BCUT2D eigenvalue weighted by molar-refractivity contribution is 7.90. The molecule has 0 fully saturated rings. The van der Waals surface area contributed by atoms with Crippen molar-refractivity contribution in [1.29, 1.82) is 0 Å². The summed E-state index contributed by atoms with van der Waals surface area (Å²) in [6.07, 6.45) is 1.56. The summed E-state index contributed by atoms with van der Waals surface area (Å²) in [5, 5.41) is 0. The maximum atomic E-state index is 12.4. The molecule has 0 bridgehead atoms. The lowest BCUT2D eigenvalue weighted by Crippen LogP contribution is -2.29. The van der Waals surface area contributed by atoms with Crippen LogP contribution in [0.4, 0.5) is 0 Å². The summed E-state index contributed by atoms with van der Waals surface area (Å²) in [7, 11) is -3.82. The van der Waals surface area contributed by atoms with Gasteiger partial charge in [-0.3, -0.25) is 4.79 Å². The third-order valence-corrected chi connectivity index (χ3v) is 5.12. The van der Waals surface area contributed by atoms with Crippen LogP contribution in [-0.4, -0.2) is 23.6 Å². The molecule has 0 unspecified atom stereocenters. The number of aromatic nitrogens is 1. The van der Waals surface area contributed by atoms with E-state index in [4.69, 9.17) is 4.42 Å². The summed E-state index contributed by atoms with van der Waals surface area (Å²) in [5.74, 6) is 0.472. The zero-order valence-corrected chi connectivity index (χ0v) is 12.4. The van der Waals surface area contributed by atoms with Gasteiger partial charge in [-0.15, -0.1) is 0 Å². The van der Waals surface area contributed by atoms with E-state index in [0.29, 0.717) is 5.76 Å². The fourth-order valence-electron chi connectivity index (χ4n) is 2.17. The Morgan fingerprint density at radius 2 is 2.00 bits per heavy atom. The SMILES string of the molecule is CC(C)c1cnc(CN2C(=O)c3ccccc3S2(=O)=O)o1. The molecule has 21 heavy (non-hydrogen) atoms. The number of carbonyl (C=O) groups is 1. The summed E-state index contributed by atoms with van der Waals surface area (Å²) >= 11 is 0. The number of fused-ring (bicyclic) bond motifs is 1. The Kier molecular flexibility index (Phi) is 3.09. The van der Waals surface area contributed by atoms with Crippen molar-refractivity contribution in [1.82, 2.24) is 9.29 Å². The predicted octanol–water partition coefficient (Wildman–Crippen LogP) is 2.14. The fraction of sp³-hybridized carbons (Fsp3) is 0.286. The fourth-order valence-corrected chi connectivity index (χ4v) is 3.69. The smallest absolute Gasteiger partial charge is 0.269 e. The van der Waals surface area contributed by atoms with E-state index >= 15 is 0 Å². The molecule has 1 aromatic carbocycles. The second-order valence-corrected chi connectivity index (χ2v) is 6.95. The molecule has 1 aliphatic heterocycles. The zero-order valence-electron chi connectivity index (χ0n) is 11.6. The molecular weight excluding hydrogens is 292 g/mol. The number of carbonyl (C=O) groups excluding carboxylic acids is 1. The number of benzene rings is 1. The first-order valence-corrected chi connectivity index (χ1v) is 7.96. The highest BCUT2D eigenvalue weighted by Gasteiger charge is 2.41. The Labute approximate surface area is 122 Å². The highest BCUT2D eigenvalue weighted by atomic mass is 32.2. The van der Waals surface area contributed by atoms with Crippen molar-refractivity contribution in [3.8, 4) is 0 Å². The van der Waals surface area contributed by atoms with Gasteiger partial charge in [0.2, 0.25) is 5.89 Å². The van der Waals surface area contributed by atoms with Gasteiger partial charge >= 0.3 is 0 Å². The molecule has 1 amide bonds. The number of hydrogen-bond donors (Lipinski definition) is 0. The van der Waals surface area contributed by atoms with Gasteiger partial charge in [-0.25, -0.2) is 17.7 Å². The van der Waals surface area contributed by atoms with Gasteiger partial charge < -0.3 is 4.42 Å². The van der Waals surface area contributed by atoms with Crippen LogP contribution in [0.2, 0.25) is 0 Å². The van der Waals surface area contributed by atoms with Crippen molar-refractivity contribution in [2.75, 3.05) is 0 Å². The molecule has 1 aliphatic rings. The molecule has 7 heteroatoms. The Bertz CT molecular complexity index is 808. The number of nitrogens with zero attached hydrogens (tertiary/aromatic N) is 2. The van der Waals surface area contributed by atoms with E-state index in [9.17, 15) is 13.2 Å². The van der Waals surface area contributed by atoms with Crippen molar-refractivity contribution >= 4 is 15.9 Å². The van der Waals surface area contributed by atoms with Gasteiger partial charge in [-0.1, -0.05) is 26.0 Å².